The maximum atomic E-state index is 3.52. The van der Waals surface area contributed by atoms with Gasteiger partial charge in [-0.2, -0.15) is 0 Å². The van der Waals surface area contributed by atoms with Gasteiger partial charge in [0.05, 0.1) is 0 Å². The smallest absolute Gasteiger partial charge is 0.00355 e. The van der Waals surface area contributed by atoms with Crippen molar-refractivity contribution in [3.05, 3.63) is 0 Å². The SMILES string of the molecule is CC1CNCCCN(CCCCN(C)C(C)C)C1. The molecule has 1 unspecified atom stereocenters. The fraction of sp³-hybridized carbons (Fsp3) is 1.00. The van der Waals surface area contributed by atoms with E-state index >= 15 is 0 Å². The third-order valence-corrected chi connectivity index (χ3v) is 4.01. The number of rotatable bonds is 6. The number of hydrogen-bond acceptors (Lipinski definition) is 3. The Morgan fingerprint density at radius 3 is 2.83 bits per heavy atom. The highest BCUT2D eigenvalue weighted by molar-refractivity contribution is 4.69. The van der Waals surface area contributed by atoms with Crippen LogP contribution in [-0.4, -0.2) is 62.2 Å². The van der Waals surface area contributed by atoms with Crippen molar-refractivity contribution >= 4 is 0 Å². The molecule has 1 atom stereocenters. The van der Waals surface area contributed by atoms with Crippen LogP contribution in [0.1, 0.15) is 40.0 Å². The van der Waals surface area contributed by atoms with E-state index in [9.17, 15) is 0 Å². The van der Waals surface area contributed by atoms with Crippen LogP contribution >= 0.6 is 0 Å². The van der Waals surface area contributed by atoms with Crippen LogP contribution < -0.4 is 5.32 Å². The number of nitrogens with zero attached hydrogens (tertiary/aromatic N) is 2. The maximum absolute atomic E-state index is 3.52. The molecule has 0 aromatic carbocycles. The molecule has 18 heavy (non-hydrogen) atoms. The zero-order chi connectivity index (χ0) is 13.4. The van der Waals surface area contributed by atoms with Crippen molar-refractivity contribution < 1.29 is 0 Å². The second-order valence-electron chi connectivity index (χ2n) is 6.24. The summed E-state index contributed by atoms with van der Waals surface area (Å²) >= 11 is 0. The van der Waals surface area contributed by atoms with Crippen LogP contribution in [0.4, 0.5) is 0 Å². The number of unbranched alkanes of at least 4 members (excludes halogenated alkanes) is 1. The van der Waals surface area contributed by atoms with Gasteiger partial charge in [-0.15, -0.1) is 0 Å². The summed E-state index contributed by atoms with van der Waals surface area (Å²) in [7, 11) is 2.23. The lowest BCUT2D eigenvalue weighted by Gasteiger charge is -2.29. The van der Waals surface area contributed by atoms with E-state index in [1.54, 1.807) is 0 Å². The second kappa shape index (κ2) is 8.89. The summed E-state index contributed by atoms with van der Waals surface area (Å²) in [6.45, 7) is 14.4. The van der Waals surface area contributed by atoms with E-state index in [-0.39, 0.29) is 0 Å². The molecule has 0 saturated carbocycles. The first-order valence-electron chi connectivity index (χ1n) is 7.73. The minimum absolute atomic E-state index is 0.679. The van der Waals surface area contributed by atoms with Crippen molar-refractivity contribution in [1.82, 2.24) is 15.1 Å². The Morgan fingerprint density at radius 1 is 1.33 bits per heavy atom. The van der Waals surface area contributed by atoms with Crippen LogP contribution in [0.2, 0.25) is 0 Å². The molecule has 0 radical (unpaired) electrons. The van der Waals surface area contributed by atoms with Crippen LogP contribution in [0.25, 0.3) is 0 Å². The predicted molar refractivity (Wildman–Crippen MR) is 80.1 cm³/mol. The fourth-order valence-corrected chi connectivity index (χ4v) is 2.53. The van der Waals surface area contributed by atoms with E-state index < -0.39 is 0 Å². The molecule has 0 spiro atoms. The van der Waals surface area contributed by atoms with Crippen LogP contribution in [0.5, 0.6) is 0 Å². The van der Waals surface area contributed by atoms with Gasteiger partial charge >= 0.3 is 0 Å². The zero-order valence-electron chi connectivity index (χ0n) is 12.9. The van der Waals surface area contributed by atoms with Crippen LogP contribution in [0.15, 0.2) is 0 Å². The summed E-state index contributed by atoms with van der Waals surface area (Å²) in [5.41, 5.74) is 0. The van der Waals surface area contributed by atoms with E-state index in [4.69, 9.17) is 0 Å². The first-order valence-corrected chi connectivity index (χ1v) is 7.73. The molecule has 3 nitrogen and oxygen atoms in total. The average Bonchev–Trinajstić information content (AvgIpc) is 2.29. The summed E-state index contributed by atoms with van der Waals surface area (Å²) < 4.78 is 0. The molecule has 1 N–H and O–H groups in total. The summed E-state index contributed by atoms with van der Waals surface area (Å²) in [6.07, 6.45) is 3.98. The van der Waals surface area contributed by atoms with Crippen LogP contribution in [0.3, 0.4) is 0 Å². The van der Waals surface area contributed by atoms with Crippen molar-refractivity contribution in [3.8, 4) is 0 Å². The van der Waals surface area contributed by atoms with Gasteiger partial charge in [0.15, 0.2) is 0 Å². The Balaban J connectivity index is 2.12. The van der Waals surface area contributed by atoms with Crippen molar-refractivity contribution in [1.29, 1.82) is 0 Å². The molecule has 0 amide bonds. The van der Waals surface area contributed by atoms with Gasteiger partial charge < -0.3 is 15.1 Å². The molecular weight excluding hydrogens is 222 g/mol. The van der Waals surface area contributed by atoms with Crippen molar-refractivity contribution in [2.45, 2.75) is 46.1 Å². The van der Waals surface area contributed by atoms with Gasteiger partial charge in [-0.05, 0) is 78.8 Å². The number of hydrogen-bond donors (Lipinski definition) is 1. The molecule has 0 aromatic rings. The third-order valence-electron chi connectivity index (χ3n) is 4.01. The highest BCUT2D eigenvalue weighted by Gasteiger charge is 2.12. The molecule has 1 aliphatic heterocycles. The van der Waals surface area contributed by atoms with Gasteiger partial charge in [-0.1, -0.05) is 6.92 Å². The normalized spacial score (nSPS) is 23.3. The van der Waals surface area contributed by atoms with Gasteiger partial charge in [0.2, 0.25) is 0 Å². The summed E-state index contributed by atoms with van der Waals surface area (Å²) in [5.74, 6) is 0.795. The van der Waals surface area contributed by atoms with E-state index in [0.717, 1.165) is 5.92 Å². The van der Waals surface area contributed by atoms with E-state index in [0.29, 0.717) is 6.04 Å². The van der Waals surface area contributed by atoms with Crippen molar-refractivity contribution in [3.63, 3.8) is 0 Å². The van der Waals surface area contributed by atoms with E-state index in [1.807, 2.05) is 0 Å². The monoisotopic (exact) mass is 255 g/mol. The Morgan fingerprint density at radius 2 is 2.11 bits per heavy atom. The van der Waals surface area contributed by atoms with Crippen molar-refractivity contribution in [2.75, 3.05) is 46.3 Å². The standard InChI is InChI=1S/C15H33N3/c1-14(2)17(4)9-5-6-10-18-11-7-8-16-12-15(3)13-18/h14-16H,5-13H2,1-4H3. The Labute approximate surface area is 114 Å². The van der Waals surface area contributed by atoms with Crippen LogP contribution in [0, 0.1) is 5.92 Å². The fourth-order valence-electron chi connectivity index (χ4n) is 2.53. The summed E-state index contributed by atoms with van der Waals surface area (Å²) in [6, 6.07) is 0.679. The van der Waals surface area contributed by atoms with Gasteiger partial charge in [-0.25, -0.2) is 0 Å². The first-order chi connectivity index (χ1) is 8.59. The highest BCUT2D eigenvalue weighted by Crippen LogP contribution is 2.06. The highest BCUT2D eigenvalue weighted by atomic mass is 15.1. The van der Waals surface area contributed by atoms with E-state index in [1.165, 1.54) is 58.5 Å². The van der Waals surface area contributed by atoms with Gasteiger partial charge in [0, 0.05) is 12.6 Å². The third kappa shape index (κ3) is 6.72. The lowest BCUT2D eigenvalue weighted by molar-refractivity contribution is 0.205. The van der Waals surface area contributed by atoms with E-state index in [2.05, 4.69) is 42.9 Å². The molecule has 1 heterocycles. The van der Waals surface area contributed by atoms with Crippen LogP contribution in [-0.2, 0) is 0 Å². The molecule has 1 fully saturated rings. The Kier molecular flexibility index (Phi) is 7.87. The largest absolute Gasteiger partial charge is 0.316 e. The van der Waals surface area contributed by atoms with Gasteiger partial charge in [0.1, 0.15) is 0 Å². The second-order valence-corrected chi connectivity index (χ2v) is 6.24. The summed E-state index contributed by atoms with van der Waals surface area (Å²) in [4.78, 5) is 5.11. The molecule has 0 aliphatic carbocycles. The van der Waals surface area contributed by atoms with Gasteiger partial charge in [-0.3, -0.25) is 0 Å². The van der Waals surface area contributed by atoms with Crippen molar-refractivity contribution in [2.24, 2.45) is 5.92 Å². The summed E-state index contributed by atoms with van der Waals surface area (Å²) in [5, 5.41) is 3.52. The molecule has 1 rings (SSSR count). The first kappa shape index (κ1) is 15.9. The number of nitrogens with one attached hydrogen (secondary N) is 1. The topological polar surface area (TPSA) is 18.5 Å². The molecule has 3 heteroatoms. The molecule has 108 valence electrons. The Hall–Kier alpha value is -0.120. The molecule has 1 aliphatic rings. The molecule has 0 aromatic heterocycles. The van der Waals surface area contributed by atoms with Gasteiger partial charge in [0.25, 0.3) is 0 Å². The molecule has 0 bridgehead atoms. The Bertz CT molecular complexity index is 206. The lowest BCUT2D eigenvalue weighted by Crippen LogP contribution is -2.39. The molecular formula is C15H33N3. The average molecular weight is 255 g/mol. The minimum atomic E-state index is 0.679. The molecule has 1 saturated heterocycles. The lowest BCUT2D eigenvalue weighted by atomic mass is 10.1. The minimum Gasteiger partial charge on any atom is -0.316 e. The predicted octanol–water partition coefficient (Wildman–Crippen LogP) is 2.04. The maximum Gasteiger partial charge on any atom is 0.00355 e. The zero-order valence-corrected chi connectivity index (χ0v) is 12.9. The quantitative estimate of drug-likeness (QED) is 0.733.